The number of hydrogen-bond donors (Lipinski definition) is 1. The number of nitrogens with one attached hydrogen (secondary N) is 1. The normalized spacial score (nSPS) is 10.7. The van der Waals surface area contributed by atoms with Gasteiger partial charge in [-0.1, -0.05) is 73.6 Å². The van der Waals surface area contributed by atoms with Gasteiger partial charge in [0.2, 0.25) is 11.0 Å². The maximum Gasteiger partial charge on any atom is 0.253 e. The minimum Gasteiger partial charge on any atom is -0.338 e. The van der Waals surface area contributed by atoms with E-state index in [9.17, 15) is 9.59 Å². The van der Waals surface area contributed by atoms with E-state index in [4.69, 9.17) is 0 Å². The van der Waals surface area contributed by atoms with Gasteiger partial charge in [0.05, 0.1) is 0 Å². The van der Waals surface area contributed by atoms with Crippen molar-refractivity contribution in [3.05, 3.63) is 65.2 Å². The van der Waals surface area contributed by atoms with Crippen molar-refractivity contribution in [1.82, 2.24) is 15.1 Å². The molecule has 3 aromatic rings. The van der Waals surface area contributed by atoms with Gasteiger partial charge in [0.15, 0.2) is 0 Å². The van der Waals surface area contributed by atoms with Gasteiger partial charge in [-0.15, -0.1) is 10.2 Å². The zero-order chi connectivity index (χ0) is 22.9. The van der Waals surface area contributed by atoms with E-state index in [0.29, 0.717) is 23.8 Å². The van der Waals surface area contributed by atoms with Crippen LogP contribution in [-0.2, 0) is 11.2 Å². The van der Waals surface area contributed by atoms with Gasteiger partial charge in [0, 0.05) is 30.6 Å². The summed E-state index contributed by atoms with van der Waals surface area (Å²) in [5, 5.41) is 12.3. The lowest BCUT2D eigenvalue weighted by Gasteiger charge is -2.22. The average molecular weight is 451 g/mol. The van der Waals surface area contributed by atoms with Crippen molar-refractivity contribution in [2.75, 3.05) is 18.4 Å². The van der Waals surface area contributed by atoms with Crippen LogP contribution >= 0.6 is 11.3 Å². The van der Waals surface area contributed by atoms with Crippen LogP contribution in [0.3, 0.4) is 0 Å². The molecule has 1 heterocycles. The molecule has 0 atom stereocenters. The molecule has 0 radical (unpaired) electrons. The van der Waals surface area contributed by atoms with Gasteiger partial charge in [-0.25, -0.2) is 0 Å². The molecule has 7 heteroatoms. The van der Waals surface area contributed by atoms with Crippen molar-refractivity contribution in [3.8, 4) is 10.6 Å². The van der Waals surface area contributed by atoms with Crippen LogP contribution in [0.25, 0.3) is 10.6 Å². The van der Waals surface area contributed by atoms with E-state index in [1.54, 1.807) is 4.90 Å². The maximum atomic E-state index is 13.0. The highest BCUT2D eigenvalue weighted by molar-refractivity contribution is 7.18. The predicted molar refractivity (Wildman–Crippen MR) is 130 cm³/mol. The average Bonchev–Trinajstić information content (AvgIpc) is 3.27. The van der Waals surface area contributed by atoms with Crippen LogP contribution in [0.1, 0.15) is 54.6 Å². The highest BCUT2D eigenvalue weighted by Crippen LogP contribution is 2.26. The number of nitrogens with zero attached hydrogens (tertiary/aromatic N) is 3. The number of carbonyl (C=O) groups excluding carboxylic acids is 2. The topological polar surface area (TPSA) is 75.2 Å². The summed E-state index contributed by atoms with van der Waals surface area (Å²) in [7, 11) is 0. The van der Waals surface area contributed by atoms with Crippen molar-refractivity contribution in [2.45, 2.75) is 46.5 Å². The molecule has 0 aliphatic heterocycles. The summed E-state index contributed by atoms with van der Waals surface area (Å²) in [5.41, 5.74) is 4.00. The number of rotatable bonds is 10. The Morgan fingerprint density at radius 2 is 1.69 bits per heavy atom. The summed E-state index contributed by atoms with van der Waals surface area (Å²) in [6.45, 7) is 7.21. The second kappa shape index (κ2) is 11.5. The first-order valence-electron chi connectivity index (χ1n) is 11.1. The molecule has 6 nitrogen and oxygen atoms in total. The number of benzene rings is 2. The minimum absolute atomic E-state index is 0.0357. The van der Waals surface area contributed by atoms with Crippen molar-refractivity contribution < 1.29 is 9.59 Å². The molecular formula is C25H30N4O2S. The van der Waals surface area contributed by atoms with Crippen LogP contribution in [0.15, 0.2) is 48.5 Å². The summed E-state index contributed by atoms with van der Waals surface area (Å²) in [5.74, 6) is -0.210. The molecule has 0 saturated heterocycles. The lowest BCUT2D eigenvalue weighted by Crippen LogP contribution is -2.34. The molecule has 32 heavy (non-hydrogen) atoms. The quantitative estimate of drug-likeness (QED) is 0.452. The Hall–Kier alpha value is -3.06. The summed E-state index contributed by atoms with van der Waals surface area (Å²) < 4.78 is 0. The van der Waals surface area contributed by atoms with Crippen molar-refractivity contribution in [2.24, 2.45) is 0 Å². The highest BCUT2D eigenvalue weighted by atomic mass is 32.1. The lowest BCUT2D eigenvalue weighted by atomic mass is 10.1. The van der Waals surface area contributed by atoms with E-state index in [1.165, 1.54) is 22.5 Å². The van der Waals surface area contributed by atoms with Crippen LogP contribution in [0.2, 0.25) is 0 Å². The van der Waals surface area contributed by atoms with Crippen LogP contribution in [0.5, 0.6) is 0 Å². The Balaban J connectivity index is 1.58. The molecule has 0 bridgehead atoms. The molecule has 2 amide bonds. The highest BCUT2D eigenvalue weighted by Gasteiger charge is 2.17. The number of aryl methyl sites for hydroxylation is 2. The zero-order valence-corrected chi connectivity index (χ0v) is 19.7. The van der Waals surface area contributed by atoms with Gasteiger partial charge in [-0.05, 0) is 37.5 Å². The third-order valence-electron chi connectivity index (χ3n) is 5.26. The first-order valence-corrected chi connectivity index (χ1v) is 11.9. The van der Waals surface area contributed by atoms with Gasteiger partial charge in [-0.3, -0.25) is 9.59 Å². The number of aromatic nitrogens is 2. The van der Waals surface area contributed by atoms with E-state index in [2.05, 4.69) is 29.4 Å². The molecule has 168 valence electrons. The molecular weight excluding hydrogens is 420 g/mol. The van der Waals surface area contributed by atoms with Gasteiger partial charge in [0.1, 0.15) is 5.01 Å². The molecule has 0 saturated carbocycles. The monoisotopic (exact) mass is 450 g/mol. The first kappa shape index (κ1) is 23.6. The minimum atomic E-state index is -0.174. The summed E-state index contributed by atoms with van der Waals surface area (Å²) >= 11 is 1.34. The number of hydrogen-bond acceptors (Lipinski definition) is 5. The van der Waals surface area contributed by atoms with Crippen LogP contribution in [0, 0.1) is 6.92 Å². The molecule has 0 fully saturated rings. The lowest BCUT2D eigenvalue weighted by molar-refractivity contribution is -0.116. The number of unbranched alkanes of at least 4 members (excludes halogenated alkanes) is 1. The smallest absolute Gasteiger partial charge is 0.253 e. The number of amides is 2. The molecule has 3 rings (SSSR count). The largest absolute Gasteiger partial charge is 0.338 e. The fourth-order valence-corrected chi connectivity index (χ4v) is 4.00. The molecule has 1 N–H and O–H groups in total. The first-order chi connectivity index (χ1) is 15.5. The Bertz CT molecular complexity index is 1030. The Morgan fingerprint density at radius 3 is 2.34 bits per heavy atom. The standard InChI is InChI=1S/C25H30N4O2S/c1-4-6-16-29(24(31)21-13-9-19(5-2)10-14-21)17-15-22(30)26-25-28-27-23(32-25)20-11-7-18(3)8-12-20/h7-14H,4-6,15-17H2,1-3H3,(H,26,28,30). The van der Waals surface area contributed by atoms with E-state index in [1.807, 2.05) is 55.5 Å². The number of carbonyl (C=O) groups is 2. The predicted octanol–water partition coefficient (Wildman–Crippen LogP) is 5.35. The molecule has 1 aromatic heterocycles. The molecule has 0 spiro atoms. The third kappa shape index (κ3) is 6.47. The SMILES string of the molecule is CCCCN(CCC(=O)Nc1nnc(-c2ccc(C)cc2)s1)C(=O)c1ccc(CC)cc1. The van der Waals surface area contributed by atoms with Crippen molar-refractivity contribution in [1.29, 1.82) is 0 Å². The third-order valence-corrected chi connectivity index (χ3v) is 6.14. The number of anilines is 1. The van der Waals surface area contributed by atoms with Gasteiger partial charge < -0.3 is 10.2 Å². The maximum absolute atomic E-state index is 13.0. The van der Waals surface area contributed by atoms with Gasteiger partial charge in [-0.2, -0.15) is 0 Å². The van der Waals surface area contributed by atoms with E-state index < -0.39 is 0 Å². The van der Waals surface area contributed by atoms with E-state index in [0.717, 1.165) is 29.8 Å². The Kier molecular flexibility index (Phi) is 8.50. The van der Waals surface area contributed by atoms with Crippen molar-refractivity contribution in [3.63, 3.8) is 0 Å². The summed E-state index contributed by atoms with van der Waals surface area (Å²) in [4.78, 5) is 27.3. The fourth-order valence-electron chi connectivity index (χ4n) is 3.23. The molecule has 2 aromatic carbocycles. The van der Waals surface area contributed by atoms with Gasteiger partial charge in [0.25, 0.3) is 5.91 Å². The Morgan fingerprint density at radius 1 is 0.969 bits per heavy atom. The van der Waals surface area contributed by atoms with Crippen LogP contribution < -0.4 is 5.32 Å². The second-order valence-corrected chi connectivity index (χ2v) is 8.75. The fraction of sp³-hybridized carbons (Fsp3) is 0.360. The van der Waals surface area contributed by atoms with Crippen molar-refractivity contribution >= 4 is 28.3 Å². The molecule has 0 unspecified atom stereocenters. The Labute approximate surface area is 193 Å². The molecule has 0 aliphatic carbocycles. The summed E-state index contributed by atoms with van der Waals surface area (Å²) in [6, 6.07) is 15.7. The van der Waals surface area contributed by atoms with E-state index in [-0.39, 0.29) is 18.2 Å². The van der Waals surface area contributed by atoms with Gasteiger partial charge >= 0.3 is 0 Å². The second-order valence-electron chi connectivity index (χ2n) is 7.77. The van der Waals surface area contributed by atoms with Crippen LogP contribution in [-0.4, -0.2) is 40.0 Å². The molecule has 0 aliphatic rings. The zero-order valence-electron chi connectivity index (χ0n) is 18.9. The van der Waals surface area contributed by atoms with Crippen LogP contribution in [0.4, 0.5) is 5.13 Å². The van der Waals surface area contributed by atoms with E-state index >= 15 is 0 Å². The summed E-state index contributed by atoms with van der Waals surface area (Å²) in [6.07, 6.45) is 3.03.